The van der Waals surface area contributed by atoms with E-state index in [1.807, 2.05) is 0 Å². The second-order valence-corrected chi connectivity index (χ2v) is 4.97. The van der Waals surface area contributed by atoms with Gasteiger partial charge in [-0.1, -0.05) is 18.8 Å². The van der Waals surface area contributed by atoms with Crippen molar-refractivity contribution in [3.63, 3.8) is 0 Å². The predicted molar refractivity (Wildman–Crippen MR) is 62.4 cm³/mol. The quantitative estimate of drug-likeness (QED) is 0.514. The number of terminal acetylenes is 1. The maximum absolute atomic E-state index is 9.99. The minimum Gasteiger partial charge on any atom is -0.389 e. The molecule has 0 aromatic heterocycles. The summed E-state index contributed by atoms with van der Waals surface area (Å²) in [7, 11) is 0. The fourth-order valence-electron chi connectivity index (χ4n) is 1.81. The largest absolute Gasteiger partial charge is 0.389 e. The zero-order valence-electron chi connectivity index (χ0n) is 8.59. The van der Waals surface area contributed by atoms with Crippen molar-refractivity contribution in [1.29, 1.82) is 0 Å². The number of hydrogen-bond donors (Lipinski definition) is 2. The minimum absolute atomic E-state index is 0.420. The van der Waals surface area contributed by atoms with Crippen LogP contribution in [0.25, 0.3) is 0 Å². The highest BCUT2D eigenvalue weighted by Crippen LogP contribution is 2.28. The zero-order chi connectivity index (χ0) is 10.3. The van der Waals surface area contributed by atoms with Crippen LogP contribution in [-0.2, 0) is 0 Å². The average molecular weight is 213 g/mol. The van der Waals surface area contributed by atoms with Crippen LogP contribution in [0.2, 0.25) is 0 Å². The molecule has 0 unspecified atom stereocenters. The molecule has 1 aliphatic rings. The van der Waals surface area contributed by atoms with E-state index in [4.69, 9.17) is 6.42 Å². The summed E-state index contributed by atoms with van der Waals surface area (Å²) in [5.74, 6) is 4.40. The van der Waals surface area contributed by atoms with Gasteiger partial charge in [-0.3, -0.25) is 0 Å². The van der Waals surface area contributed by atoms with Crippen molar-refractivity contribution in [2.45, 2.75) is 31.3 Å². The van der Waals surface area contributed by atoms with Crippen LogP contribution in [0, 0.1) is 12.3 Å². The van der Waals surface area contributed by atoms with Crippen molar-refractivity contribution in [2.24, 2.45) is 0 Å². The lowest BCUT2D eigenvalue weighted by atomic mass is 10.0. The average Bonchev–Trinajstić information content (AvgIpc) is 2.59. The first-order chi connectivity index (χ1) is 6.77. The summed E-state index contributed by atoms with van der Waals surface area (Å²) in [5.41, 5.74) is -0.420. The lowest BCUT2D eigenvalue weighted by Crippen LogP contribution is -2.38. The van der Waals surface area contributed by atoms with E-state index in [0.29, 0.717) is 0 Å². The number of rotatable bonds is 6. The summed E-state index contributed by atoms with van der Waals surface area (Å²) in [4.78, 5) is 0. The van der Waals surface area contributed by atoms with Crippen molar-refractivity contribution in [3.05, 3.63) is 0 Å². The SMILES string of the molecule is C#CCSCCNCC1(O)CCCC1. The monoisotopic (exact) mass is 213 g/mol. The fourth-order valence-corrected chi connectivity index (χ4v) is 2.36. The maximum atomic E-state index is 9.99. The number of aliphatic hydroxyl groups is 1. The number of nitrogens with one attached hydrogen (secondary N) is 1. The molecule has 14 heavy (non-hydrogen) atoms. The normalized spacial score (nSPS) is 19.4. The van der Waals surface area contributed by atoms with E-state index in [-0.39, 0.29) is 0 Å². The van der Waals surface area contributed by atoms with E-state index in [1.54, 1.807) is 11.8 Å². The van der Waals surface area contributed by atoms with Gasteiger partial charge in [0.05, 0.1) is 11.4 Å². The van der Waals surface area contributed by atoms with Crippen molar-refractivity contribution in [2.75, 3.05) is 24.6 Å². The molecule has 1 aliphatic carbocycles. The van der Waals surface area contributed by atoms with E-state index in [2.05, 4.69) is 11.2 Å². The van der Waals surface area contributed by atoms with Gasteiger partial charge in [0, 0.05) is 18.8 Å². The van der Waals surface area contributed by atoms with Gasteiger partial charge in [0.15, 0.2) is 0 Å². The van der Waals surface area contributed by atoms with E-state index < -0.39 is 5.60 Å². The second-order valence-electron chi connectivity index (χ2n) is 3.86. The van der Waals surface area contributed by atoms with Gasteiger partial charge >= 0.3 is 0 Å². The van der Waals surface area contributed by atoms with E-state index in [0.717, 1.165) is 37.4 Å². The summed E-state index contributed by atoms with van der Waals surface area (Å²) in [6.45, 7) is 1.68. The topological polar surface area (TPSA) is 32.3 Å². The summed E-state index contributed by atoms with van der Waals surface area (Å²) >= 11 is 1.75. The maximum Gasteiger partial charge on any atom is 0.0771 e. The highest BCUT2D eigenvalue weighted by atomic mass is 32.2. The van der Waals surface area contributed by atoms with Crippen molar-refractivity contribution < 1.29 is 5.11 Å². The fraction of sp³-hybridized carbons (Fsp3) is 0.818. The molecule has 0 spiro atoms. The van der Waals surface area contributed by atoms with Gasteiger partial charge < -0.3 is 10.4 Å². The molecule has 1 fully saturated rings. The van der Waals surface area contributed by atoms with Crippen LogP contribution in [0.3, 0.4) is 0 Å². The van der Waals surface area contributed by atoms with E-state index in [1.165, 1.54) is 12.8 Å². The van der Waals surface area contributed by atoms with Crippen molar-refractivity contribution in [1.82, 2.24) is 5.32 Å². The van der Waals surface area contributed by atoms with Crippen LogP contribution in [0.15, 0.2) is 0 Å². The van der Waals surface area contributed by atoms with Gasteiger partial charge in [0.25, 0.3) is 0 Å². The molecule has 0 heterocycles. The Morgan fingerprint density at radius 3 is 2.79 bits per heavy atom. The lowest BCUT2D eigenvalue weighted by Gasteiger charge is -2.22. The molecule has 2 N–H and O–H groups in total. The molecule has 80 valence electrons. The second kappa shape index (κ2) is 6.34. The van der Waals surface area contributed by atoms with Gasteiger partial charge in [-0.05, 0) is 12.8 Å². The third kappa shape index (κ3) is 4.36. The third-order valence-electron chi connectivity index (χ3n) is 2.60. The number of thioether (sulfide) groups is 1. The predicted octanol–water partition coefficient (Wildman–Crippen LogP) is 1.25. The first-order valence-electron chi connectivity index (χ1n) is 5.21. The Morgan fingerprint density at radius 1 is 1.43 bits per heavy atom. The Bertz CT molecular complexity index is 194. The van der Waals surface area contributed by atoms with Crippen molar-refractivity contribution in [3.8, 4) is 12.3 Å². The Kier molecular flexibility index (Phi) is 5.39. The number of hydrogen-bond acceptors (Lipinski definition) is 3. The summed E-state index contributed by atoms with van der Waals surface area (Å²) in [6.07, 6.45) is 9.39. The Morgan fingerprint density at radius 2 is 2.14 bits per heavy atom. The Balaban J connectivity index is 1.96. The van der Waals surface area contributed by atoms with Crippen LogP contribution < -0.4 is 5.32 Å². The molecule has 0 saturated heterocycles. The smallest absolute Gasteiger partial charge is 0.0771 e. The first-order valence-corrected chi connectivity index (χ1v) is 6.37. The van der Waals surface area contributed by atoms with Crippen LogP contribution in [0.1, 0.15) is 25.7 Å². The Hall–Kier alpha value is -0.170. The molecule has 0 aliphatic heterocycles. The molecule has 0 atom stereocenters. The van der Waals surface area contributed by atoms with Gasteiger partial charge in [0.2, 0.25) is 0 Å². The summed E-state index contributed by atoms with van der Waals surface area (Å²) in [6, 6.07) is 0. The molecule has 2 nitrogen and oxygen atoms in total. The molecule has 0 aromatic rings. The minimum atomic E-state index is -0.420. The van der Waals surface area contributed by atoms with Crippen LogP contribution in [0.5, 0.6) is 0 Å². The first kappa shape index (κ1) is 11.9. The molecule has 3 heteroatoms. The van der Waals surface area contributed by atoms with E-state index in [9.17, 15) is 5.11 Å². The molecule has 0 bridgehead atoms. The van der Waals surface area contributed by atoms with Gasteiger partial charge in [0.1, 0.15) is 0 Å². The molecule has 0 radical (unpaired) electrons. The third-order valence-corrected chi connectivity index (χ3v) is 3.46. The van der Waals surface area contributed by atoms with Crippen LogP contribution >= 0.6 is 11.8 Å². The van der Waals surface area contributed by atoms with Gasteiger partial charge in [-0.2, -0.15) is 0 Å². The summed E-state index contributed by atoms with van der Waals surface area (Å²) in [5, 5.41) is 13.3. The van der Waals surface area contributed by atoms with Crippen LogP contribution in [0.4, 0.5) is 0 Å². The molecule has 0 amide bonds. The molecular formula is C11H19NOS. The summed E-state index contributed by atoms with van der Waals surface area (Å²) < 4.78 is 0. The van der Waals surface area contributed by atoms with Gasteiger partial charge in [-0.15, -0.1) is 18.2 Å². The Labute approximate surface area is 90.8 Å². The molecule has 0 aromatic carbocycles. The highest BCUT2D eigenvalue weighted by molar-refractivity contribution is 7.99. The molecule has 1 rings (SSSR count). The van der Waals surface area contributed by atoms with Crippen molar-refractivity contribution >= 4 is 11.8 Å². The highest BCUT2D eigenvalue weighted by Gasteiger charge is 2.30. The molecular weight excluding hydrogens is 194 g/mol. The van der Waals surface area contributed by atoms with Crippen LogP contribution in [-0.4, -0.2) is 35.3 Å². The van der Waals surface area contributed by atoms with E-state index >= 15 is 0 Å². The molecule has 1 saturated carbocycles. The van der Waals surface area contributed by atoms with Gasteiger partial charge in [-0.25, -0.2) is 0 Å². The standard InChI is InChI=1S/C11H19NOS/c1-2-8-14-9-7-12-10-11(13)5-3-4-6-11/h1,12-13H,3-10H2. The lowest BCUT2D eigenvalue weighted by molar-refractivity contribution is 0.0484. The zero-order valence-corrected chi connectivity index (χ0v) is 9.41.